The first kappa shape index (κ1) is 20.2. The molecule has 0 saturated heterocycles. The standard InChI is InChI=1S/C16H27N3O.HI/c1-13(2)12-19-16(17)18-10-7-11-20-14(3)15-8-5-4-6-9-15;/h4-6,8-9,13-14H,7,10-12H2,1-3H3,(H3,17,18,19);1H. The van der Waals surface area contributed by atoms with Gasteiger partial charge in [-0.3, -0.25) is 4.99 Å². The molecule has 0 amide bonds. The van der Waals surface area contributed by atoms with Crippen LogP contribution in [0.3, 0.4) is 0 Å². The van der Waals surface area contributed by atoms with E-state index in [2.05, 4.69) is 43.2 Å². The number of ether oxygens (including phenoxy) is 1. The summed E-state index contributed by atoms with van der Waals surface area (Å²) in [6, 6.07) is 10.2. The molecule has 0 aromatic heterocycles. The second kappa shape index (κ2) is 11.8. The Morgan fingerprint density at radius 3 is 2.52 bits per heavy atom. The number of hydrogen-bond donors (Lipinski definition) is 2. The summed E-state index contributed by atoms with van der Waals surface area (Å²) in [6.07, 6.45) is 1.04. The van der Waals surface area contributed by atoms with E-state index in [1.165, 1.54) is 5.56 Å². The molecule has 21 heavy (non-hydrogen) atoms. The predicted molar refractivity (Wildman–Crippen MR) is 100 cm³/mol. The maximum absolute atomic E-state index is 5.79. The van der Waals surface area contributed by atoms with Crippen LogP contribution >= 0.6 is 24.0 Å². The van der Waals surface area contributed by atoms with Crippen LogP contribution < -0.4 is 11.1 Å². The van der Waals surface area contributed by atoms with Gasteiger partial charge in [0.1, 0.15) is 0 Å². The van der Waals surface area contributed by atoms with Crippen LogP contribution in [0, 0.1) is 5.92 Å². The van der Waals surface area contributed by atoms with E-state index in [0.717, 1.165) is 19.5 Å². The lowest BCUT2D eigenvalue weighted by molar-refractivity contribution is 0.0646. The van der Waals surface area contributed by atoms with E-state index in [1.807, 2.05) is 18.2 Å². The van der Waals surface area contributed by atoms with Gasteiger partial charge < -0.3 is 15.8 Å². The van der Waals surface area contributed by atoms with Gasteiger partial charge in [-0.25, -0.2) is 0 Å². The fourth-order valence-corrected chi connectivity index (χ4v) is 1.71. The average molecular weight is 405 g/mol. The van der Waals surface area contributed by atoms with Crippen LogP contribution in [-0.2, 0) is 4.74 Å². The Balaban J connectivity index is 0.00000400. The second-order valence-electron chi connectivity index (χ2n) is 5.32. The molecule has 0 aliphatic rings. The summed E-state index contributed by atoms with van der Waals surface area (Å²) in [4.78, 5) is 4.25. The van der Waals surface area contributed by atoms with Gasteiger partial charge in [-0.2, -0.15) is 0 Å². The summed E-state index contributed by atoms with van der Waals surface area (Å²) >= 11 is 0. The van der Waals surface area contributed by atoms with Crippen molar-refractivity contribution < 1.29 is 4.74 Å². The SMILES string of the molecule is CC(C)CN=C(N)NCCCOC(C)c1ccccc1.I. The first-order valence-electron chi connectivity index (χ1n) is 7.30. The highest BCUT2D eigenvalue weighted by Gasteiger charge is 2.04. The molecule has 0 aliphatic carbocycles. The van der Waals surface area contributed by atoms with Gasteiger partial charge in [-0.05, 0) is 24.8 Å². The van der Waals surface area contributed by atoms with Gasteiger partial charge in [0.05, 0.1) is 6.10 Å². The van der Waals surface area contributed by atoms with Crippen LogP contribution in [0.4, 0.5) is 0 Å². The number of nitrogens with one attached hydrogen (secondary N) is 1. The minimum absolute atomic E-state index is 0. The quantitative estimate of drug-likeness (QED) is 0.302. The molecule has 0 spiro atoms. The monoisotopic (exact) mass is 405 g/mol. The van der Waals surface area contributed by atoms with Gasteiger partial charge in [0, 0.05) is 19.7 Å². The summed E-state index contributed by atoms with van der Waals surface area (Å²) in [5.74, 6) is 1.06. The maximum Gasteiger partial charge on any atom is 0.188 e. The maximum atomic E-state index is 5.79. The number of benzene rings is 1. The average Bonchev–Trinajstić information content (AvgIpc) is 2.45. The Morgan fingerprint density at radius 1 is 1.24 bits per heavy atom. The minimum atomic E-state index is 0. The Kier molecular flexibility index (Phi) is 11.3. The lowest BCUT2D eigenvalue weighted by Crippen LogP contribution is -2.33. The molecule has 0 aliphatic heterocycles. The van der Waals surface area contributed by atoms with Gasteiger partial charge in [0.25, 0.3) is 0 Å². The molecule has 3 N–H and O–H groups in total. The smallest absolute Gasteiger partial charge is 0.188 e. The molecule has 5 heteroatoms. The van der Waals surface area contributed by atoms with Crippen LogP contribution in [0.2, 0.25) is 0 Å². The topological polar surface area (TPSA) is 59.6 Å². The molecule has 4 nitrogen and oxygen atoms in total. The minimum Gasteiger partial charge on any atom is -0.374 e. The third kappa shape index (κ3) is 9.68. The molecular weight excluding hydrogens is 377 g/mol. The van der Waals surface area contributed by atoms with Crippen molar-refractivity contribution in [2.75, 3.05) is 19.7 Å². The predicted octanol–water partition coefficient (Wildman–Crippen LogP) is 3.33. The first-order chi connectivity index (χ1) is 9.59. The van der Waals surface area contributed by atoms with Crippen molar-refractivity contribution in [1.29, 1.82) is 0 Å². The van der Waals surface area contributed by atoms with E-state index in [1.54, 1.807) is 0 Å². The fraction of sp³-hybridized carbons (Fsp3) is 0.562. The van der Waals surface area contributed by atoms with Crippen molar-refractivity contribution in [2.24, 2.45) is 16.6 Å². The number of nitrogens with two attached hydrogens (primary N) is 1. The van der Waals surface area contributed by atoms with Crippen LogP contribution in [0.25, 0.3) is 0 Å². The molecule has 0 bridgehead atoms. The normalized spacial score (nSPS) is 12.9. The largest absolute Gasteiger partial charge is 0.374 e. The zero-order valence-corrected chi connectivity index (χ0v) is 15.5. The van der Waals surface area contributed by atoms with E-state index in [-0.39, 0.29) is 30.1 Å². The van der Waals surface area contributed by atoms with Crippen molar-refractivity contribution in [3.8, 4) is 0 Å². The van der Waals surface area contributed by atoms with E-state index in [9.17, 15) is 0 Å². The highest BCUT2D eigenvalue weighted by atomic mass is 127. The Morgan fingerprint density at radius 2 is 1.90 bits per heavy atom. The van der Waals surface area contributed by atoms with E-state index < -0.39 is 0 Å². The molecule has 0 heterocycles. The molecule has 1 aromatic rings. The first-order valence-corrected chi connectivity index (χ1v) is 7.30. The Labute approximate surface area is 145 Å². The highest BCUT2D eigenvalue weighted by molar-refractivity contribution is 14.0. The van der Waals surface area contributed by atoms with Crippen molar-refractivity contribution >= 4 is 29.9 Å². The lowest BCUT2D eigenvalue weighted by Gasteiger charge is -2.13. The Hall–Kier alpha value is -0.820. The number of aliphatic imine (C=N–C) groups is 1. The van der Waals surface area contributed by atoms with Gasteiger partial charge in [-0.15, -0.1) is 24.0 Å². The molecule has 120 valence electrons. The van der Waals surface area contributed by atoms with Gasteiger partial charge in [0.2, 0.25) is 0 Å². The van der Waals surface area contributed by atoms with Gasteiger partial charge in [0.15, 0.2) is 5.96 Å². The molecule has 0 saturated carbocycles. The summed E-state index contributed by atoms with van der Waals surface area (Å²) < 4.78 is 5.79. The summed E-state index contributed by atoms with van der Waals surface area (Å²) in [5.41, 5.74) is 6.96. The second-order valence-corrected chi connectivity index (χ2v) is 5.32. The molecular formula is C16H28IN3O. The van der Waals surface area contributed by atoms with E-state index in [4.69, 9.17) is 10.5 Å². The van der Waals surface area contributed by atoms with Crippen molar-refractivity contribution in [2.45, 2.75) is 33.3 Å². The fourth-order valence-electron chi connectivity index (χ4n) is 1.71. The number of halogens is 1. The van der Waals surface area contributed by atoms with Crippen molar-refractivity contribution in [3.63, 3.8) is 0 Å². The van der Waals surface area contributed by atoms with Gasteiger partial charge >= 0.3 is 0 Å². The molecule has 1 atom stereocenters. The third-order valence-corrected chi connectivity index (χ3v) is 2.89. The van der Waals surface area contributed by atoms with Crippen LogP contribution in [-0.4, -0.2) is 25.7 Å². The number of nitrogens with zero attached hydrogens (tertiary/aromatic N) is 1. The number of hydrogen-bond acceptors (Lipinski definition) is 2. The van der Waals surface area contributed by atoms with E-state index in [0.29, 0.717) is 18.5 Å². The lowest BCUT2D eigenvalue weighted by atomic mass is 10.1. The van der Waals surface area contributed by atoms with Crippen molar-refractivity contribution in [1.82, 2.24) is 5.32 Å². The zero-order chi connectivity index (χ0) is 14.8. The Bertz CT molecular complexity index is 396. The van der Waals surface area contributed by atoms with Crippen LogP contribution in [0.1, 0.15) is 38.9 Å². The third-order valence-electron chi connectivity index (χ3n) is 2.89. The van der Waals surface area contributed by atoms with Crippen LogP contribution in [0.15, 0.2) is 35.3 Å². The molecule has 1 unspecified atom stereocenters. The van der Waals surface area contributed by atoms with Gasteiger partial charge in [-0.1, -0.05) is 44.2 Å². The molecule has 0 fully saturated rings. The van der Waals surface area contributed by atoms with E-state index >= 15 is 0 Å². The molecule has 1 rings (SSSR count). The number of rotatable bonds is 8. The number of guanidine groups is 1. The zero-order valence-electron chi connectivity index (χ0n) is 13.2. The van der Waals surface area contributed by atoms with Crippen LogP contribution in [0.5, 0.6) is 0 Å². The summed E-state index contributed by atoms with van der Waals surface area (Å²) in [7, 11) is 0. The van der Waals surface area contributed by atoms with Crippen molar-refractivity contribution in [3.05, 3.63) is 35.9 Å². The summed E-state index contributed by atoms with van der Waals surface area (Å²) in [5, 5.41) is 3.10. The summed E-state index contributed by atoms with van der Waals surface area (Å²) in [6.45, 7) is 8.57. The molecule has 0 radical (unpaired) electrons. The highest BCUT2D eigenvalue weighted by Crippen LogP contribution is 2.15. The molecule has 1 aromatic carbocycles.